The molecule has 0 spiro atoms. The highest BCUT2D eigenvalue weighted by molar-refractivity contribution is 14.1. The first-order valence-electron chi connectivity index (χ1n) is 4.36. The fraction of sp³-hybridized carbons (Fsp3) is 0.333. The van der Waals surface area contributed by atoms with Gasteiger partial charge in [0, 0.05) is 9.13 Å². The first-order valence-corrected chi connectivity index (χ1v) is 6.52. The molecule has 1 rings (SSSR count). The van der Waals surface area contributed by atoms with Crippen molar-refractivity contribution < 1.29 is 27.1 Å². The molecule has 2 nitrogen and oxygen atoms in total. The summed E-state index contributed by atoms with van der Waals surface area (Å²) in [6, 6.07) is -0.221. The van der Waals surface area contributed by atoms with Crippen molar-refractivity contribution in [1.29, 1.82) is 0 Å². The van der Waals surface area contributed by atoms with Crippen LogP contribution in [-0.2, 0) is 0 Å². The van der Waals surface area contributed by atoms with Crippen molar-refractivity contribution in [3.05, 3.63) is 24.8 Å². The Morgan fingerprint density at radius 2 is 1.61 bits per heavy atom. The summed E-state index contributed by atoms with van der Waals surface area (Å²) in [6.07, 6.45) is -5.77. The third kappa shape index (κ3) is 2.98. The van der Waals surface area contributed by atoms with E-state index in [-0.39, 0.29) is 3.57 Å². The molecule has 0 saturated carbocycles. The maximum absolute atomic E-state index is 13.1. The van der Waals surface area contributed by atoms with Crippen LogP contribution in [0, 0.1) is 7.14 Å². The van der Waals surface area contributed by atoms with Gasteiger partial charge in [-0.2, -0.15) is 22.0 Å². The molecular formula is C9H6F5I2NO. The summed E-state index contributed by atoms with van der Waals surface area (Å²) in [5.41, 5.74) is 4.33. The maximum Gasteiger partial charge on any atom is 0.455 e. The van der Waals surface area contributed by atoms with Gasteiger partial charge in [-0.25, -0.2) is 0 Å². The summed E-state index contributed by atoms with van der Waals surface area (Å²) in [6.45, 7) is 0. The fourth-order valence-corrected chi connectivity index (χ4v) is 3.08. The second kappa shape index (κ2) is 5.23. The lowest BCUT2D eigenvalue weighted by atomic mass is 10.00. The number of phenolic OH excluding ortho intramolecular Hbond substituents is 1. The highest BCUT2D eigenvalue weighted by Crippen LogP contribution is 2.45. The van der Waals surface area contributed by atoms with E-state index in [0.29, 0.717) is 3.57 Å². The van der Waals surface area contributed by atoms with Crippen LogP contribution in [0.15, 0.2) is 12.1 Å². The van der Waals surface area contributed by atoms with Gasteiger partial charge in [0.15, 0.2) is 0 Å². The number of halogens is 7. The molecule has 0 aliphatic heterocycles. The largest absolute Gasteiger partial charge is 0.506 e. The van der Waals surface area contributed by atoms with Crippen LogP contribution in [0.1, 0.15) is 11.6 Å². The Bertz CT molecular complexity index is 463. The second-order valence-corrected chi connectivity index (χ2v) is 5.83. The zero-order valence-electron chi connectivity index (χ0n) is 8.40. The van der Waals surface area contributed by atoms with E-state index in [2.05, 4.69) is 0 Å². The Hall–Kier alpha value is 0.0900. The van der Waals surface area contributed by atoms with Crippen molar-refractivity contribution in [2.24, 2.45) is 5.73 Å². The molecule has 102 valence electrons. The van der Waals surface area contributed by atoms with E-state index >= 15 is 0 Å². The van der Waals surface area contributed by atoms with Crippen LogP contribution in [0.25, 0.3) is 0 Å². The highest BCUT2D eigenvalue weighted by Gasteiger charge is 2.62. The number of alkyl halides is 5. The van der Waals surface area contributed by atoms with Gasteiger partial charge in [-0.05, 0) is 57.3 Å². The summed E-state index contributed by atoms with van der Waals surface area (Å²) in [4.78, 5) is 0. The molecule has 0 amide bonds. The predicted octanol–water partition coefficient (Wildman–Crippen LogP) is 3.80. The summed E-state index contributed by atoms with van der Waals surface area (Å²) >= 11 is 3.35. The zero-order chi connectivity index (χ0) is 14.3. The number of hydrogen-bond acceptors (Lipinski definition) is 2. The van der Waals surface area contributed by atoms with Gasteiger partial charge < -0.3 is 10.8 Å². The van der Waals surface area contributed by atoms with Gasteiger partial charge in [-0.1, -0.05) is 0 Å². The number of hydrogen-bond donors (Lipinski definition) is 2. The number of phenols is 1. The fourth-order valence-electron chi connectivity index (χ4n) is 1.19. The smallest absolute Gasteiger partial charge is 0.455 e. The van der Waals surface area contributed by atoms with Crippen molar-refractivity contribution in [2.45, 2.75) is 18.1 Å². The monoisotopic (exact) mass is 493 g/mol. The Labute approximate surface area is 126 Å². The van der Waals surface area contributed by atoms with Gasteiger partial charge in [0.05, 0.1) is 3.57 Å². The first kappa shape index (κ1) is 16.1. The van der Waals surface area contributed by atoms with Crippen molar-refractivity contribution >= 4 is 45.2 Å². The Morgan fingerprint density at radius 3 is 2.06 bits per heavy atom. The van der Waals surface area contributed by atoms with E-state index in [9.17, 15) is 27.1 Å². The molecule has 1 atom stereocenters. The van der Waals surface area contributed by atoms with E-state index in [4.69, 9.17) is 5.73 Å². The second-order valence-electron chi connectivity index (χ2n) is 3.42. The van der Waals surface area contributed by atoms with Crippen LogP contribution in [0.3, 0.4) is 0 Å². The van der Waals surface area contributed by atoms with Gasteiger partial charge in [0.25, 0.3) is 0 Å². The first-order chi connectivity index (χ1) is 7.98. The quantitative estimate of drug-likeness (QED) is 0.487. The summed E-state index contributed by atoms with van der Waals surface area (Å²) in [7, 11) is 0. The van der Waals surface area contributed by atoms with E-state index in [1.54, 1.807) is 45.2 Å². The van der Waals surface area contributed by atoms with Gasteiger partial charge >= 0.3 is 12.1 Å². The SMILES string of the molecule is N[C@@H](c1cc(I)cc(I)c1O)C(F)(F)C(F)(F)F. The van der Waals surface area contributed by atoms with E-state index in [1.807, 2.05) is 0 Å². The van der Waals surface area contributed by atoms with Crippen molar-refractivity contribution in [3.63, 3.8) is 0 Å². The number of benzene rings is 1. The maximum atomic E-state index is 13.1. The van der Waals surface area contributed by atoms with Crippen LogP contribution in [0.4, 0.5) is 22.0 Å². The third-order valence-electron chi connectivity index (χ3n) is 2.16. The normalized spacial score (nSPS) is 14.7. The van der Waals surface area contributed by atoms with E-state index in [1.165, 1.54) is 6.07 Å². The molecule has 0 aliphatic rings. The Balaban J connectivity index is 3.31. The van der Waals surface area contributed by atoms with Crippen molar-refractivity contribution in [1.82, 2.24) is 0 Å². The summed E-state index contributed by atoms with van der Waals surface area (Å²) in [5, 5.41) is 9.53. The zero-order valence-corrected chi connectivity index (χ0v) is 12.7. The topological polar surface area (TPSA) is 46.2 Å². The minimum atomic E-state index is -5.77. The number of aromatic hydroxyl groups is 1. The molecule has 0 saturated heterocycles. The van der Waals surface area contributed by atoms with Crippen LogP contribution < -0.4 is 5.73 Å². The number of rotatable bonds is 2. The molecule has 0 radical (unpaired) electrons. The molecule has 0 unspecified atom stereocenters. The van der Waals surface area contributed by atoms with Crippen LogP contribution in [0.5, 0.6) is 5.75 Å². The molecule has 18 heavy (non-hydrogen) atoms. The summed E-state index contributed by atoms with van der Waals surface area (Å²) in [5.74, 6) is -5.77. The summed E-state index contributed by atoms with van der Waals surface area (Å²) < 4.78 is 63.3. The minimum absolute atomic E-state index is 0.155. The minimum Gasteiger partial charge on any atom is -0.506 e. The average molecular weight is 493 g/mol. The molecule has 3 N–H and O–H groups in total. The van der Waals surface area contributed by atoms with Gasteiger partial charge in [0.1, 0.15) is 11.8 Å². The van der Waals surface area contributed by atoms with Crippen LogP contribution >= 0.6 is 45.2 Å². The Morgan fingerprint density at radius 1 is 1.11 bits per heavy atom. The molecule has 1 aromatic rings. The molecule has 0 aliphatic carbocycles. The van der Waals surface area contributed by atoms with E-state index in [0.717, 1.165) is 6.07 Å². The van der Waals surface area contributed by atoms with Gasteiger partial charge in [-0.3, -0.25) is 0 Å². The molecule has 1 aromatic carbocycles. The highest BCUT2D eigenvalue weighted by atomic mass is 127. The average Bonchev–Trinajstić information content (AvgIpc) is 2.20. The van der Waals surface area contributed by atoms with Crippen LogP contribution in [-0.4, -0.2) is 17.2 Å². The molecule has 0 bridgehead atoms. The van der Waals surface area contributed by atoms with E-state index < -0.39 is 29.5 Å². The lowest BCUT2D eigenvalue weighted by molar-refractivity contribution is -0.291. The predicted molar refractivity (Wildman–Crippen MR) is 71.5 cm³/mol. The number of nitrogens with two attached hydrogens (primary N) is 1. The molecule has 0 aromatic heterocycles. The van der Waals surface area contributed by atoms with Gasteiger partial charge in [-0.15, -0.1) is 0 Å². The standard InChI is InChI=1S/C9H6F5I2NO/c10-8(11,9(12,13)14)7(17)4-1-3(15)2-5(16)6(4)18/h1-2,7,18H,17H2/t7-/m0/s1. The molecule has 0 fully saturated rings. The molecule has 0 heterocycles. The van der Waals surface area contributed by atoms with Crippen molar-refractivity contribution in [2.75, 3.05) is 0 Å². The van der Waals surface area contributed by atoms with Crippen LogP contribution in [0.2, 0.25) is 0 Å². The molecular weight excluding hydrogens is 487 g/mol. The molecule has 9 heteroatoms. The van der Waals surface area contributed by atoms with Gasteiger partial charge in [0.2, 0.25) is 0 Å². The Kier molecular flexibility index (Phi) is 4.69. The lowest BCUT2D eigenvalue weighted by Gasteiger charge is -2.26. The van der Waals surface area contributed by atoms with Crippen molar-refractivity contribution in [3.8, 4) is 5.75 Å². The lowest BCUT2D eigenvalue weighted by Crippen LogP contribution is -2.45. The third-order valence-corrected chi connectivity index (χ3v) is 3.61.